The van der Waals surface area contributed by atoms with Crippen LogP contribution in [-0.2, 0) is 6.54 Å². The van der Waals surface area contributed by atoms with Crippen molar-refractivity contribution in [2.75, 3.05) is 40.7 Å². The third-order valence-electron chi connectivity index (χ3n) is 6.31. The van der Waals surface area contributed by atoms with Crippen molar-refractivity contribution in [3.05, 3.63) is 65.7 Å². The van der Waals surface area contributed by atoms with Crippen LogP contribution in [-0.4, -0.2) is 61.0 Å². The molecule has 0 unspecified atom stereocenters. The predicted octanol–water partition coefficient (Wildman–Crippen LogP) is 4.70. The lowest BCUT2D eigenvalue weighted by Crippen LogP contribution is -2.38. The summed E-state index contributed by atoms with van der Waals surface area (Å²) in [6.45, 7) is 2.10. The fraction of sp³-hybridized carbons (Fsp3) is 0.385. The molecule has 1 saturated heterocycles. The number of nitrogens with zero attached hydrogens (tertiary/aromatic N) is 3. The Hall–Kier alpha value is -3.13. The van der Waals surface area contributed by atoms with Gasteiger partial charge < -0.3 is 23.7 Å². The summed E-state index contributed by atoms with van der Waals surface area (Å²) in [7, 11) is 4.84. The zero-order valence-corrected chi connectivity index (χ0v) is 20.9. The van der Waals surface area contributed by atoms with Crippen LogP contribution in [0, 0.1) is 0 Å². The SMILES string of the molecule is COc1cc(Cn2ccnc2C2CCN(C(=O)c3ccccc3SC)CC2)cc(OC)c1OC. The van der Waals surface area contributed by atoms with E-state index < -0.39 is 0 Å². The zero-order valence-electron chi connectivity index (χ0n) is 20.1. The zero-order chi connectivity index (χ0) is 24.1. The van der Waals surface area contributed by atoms with E-state index in [4.69, 9.17) is 14.2 Å². The van der Waals surface area contributed by atoms with Gasteiger partial charge in [0.2, 0.25) is 5.75 Å². The first-order valence-electron chi connectivity index (χ1n) is 11.3. The van der Waals surface area contributed by atoms with Gasteiger partial charge in [-0.05, 0) is 48.9 Å². The average Bonchev–Trinajstić information content (AvgIpc) is 3.35. The second-order valence-corrected chi connectivity index (χ2v) is 9.06. The van der Waals surface area contributed by atoms with Gasteiger partial charge in [-0.1, -0.05) is 12.1 Å². The summed E-state index contributed by atoms with van der Waals surface area (Å²) >= 11 is 1.61. The summed E-state index contributed by atoms with van der Waals surface area (Å²) in [6.07, 6.45) is 7.63. The minimum absolute atomic E-state index is 0.115. The molecular formula is C26H31N3O4S. The van der Waals surface area contributed by atoms with E-state index in [1.165, 1.54) is 0 Å². The van der Waals surface area contributed by atoms with Crippen molar-refractivity contribution < 1.29 is 19.0 Å². The van der Waals surface area contributed by atoms with E-state index >= 15 is 0 Å². The predicted molar refractivity (Wildman–Crippen MR) is 134 cm³/mol. The number of carbonyl (C=O) groups excluding carboxylic acids is 1. The molecule has 4 rings (SSSR count). The van der Waals surface area contributed by atoms with Crippen LogP contribution >= 0.6 is 11.8 Å². The van der Waals surface area contributed by atoms with Crippen molar-refractivity contribution in [2.45, 2.75) is 30.2 Å². The number of likely N-dealkylation sites (tertiary alicyclic amines) is 1. The third kappa shape index (κ3) is 4.87. The molecule has 1 amide bonds. The highest BCUT2D eigenvalue weighted by Gasteiger charge is 2.28. The van der Waals surface area contributed by atoms with Crippen LogP contribution < -0.4 is 14.2 Å². The molecule has 0 bridgehead atoms. The van der Waals surface area contributed by atoms with E-state index in [1.54, 1.807) is 33.1 Å². The van der Waals surface area contributed by atoms with Crippen LogP contribution in [0.1, 0.15) is 40.5 Å². The van der Waals surface area contributed by atoms with Crippen LogP contribution in [0.15, 0.2) is 53.7 Å². The Kier molecular flexibility index (Phi) is 7.67. The number of hydrogen-bond donors (Lipinski definition) is 0. The van der Waals surface area contributed by atoms with E-state index in [-0.39, 0.29) is 5.91 Å². The lowest BCUT2D eigenvalue weighted by molar-refractivity contribution is 0.0707. The van der Waals surface area contributed by atoms with Crippen molar-refractivity contribution >= 4 is 17.7 Å². The average molecular weight is 482 g/mol. The van der Waals surface area contributed by atoms with E-state index in [2.05, 4.69) is 9.55 Å². The van der Waals surface area contributed by atoms with Crippen LogP contribution in [0.2, 0.25) is 0 Å². The minimum Gasteiger partial charge on any atom is -0.493 e. The first-order chi connectivity index (χ1) is 16.6. The monoisotopic (exact) mass is 481 g/mol. The number of benzene rings is 2. The van der Waals surface area contributed by atoms with Gasteiger partial charge in [0.05, 0.1) is 26.9 Å². The largest absolute Gasteiger partial charge is 0.493 e. The van der Waals surface area contributed by atoms with Crippen molar-refractivity contribution in [2.24, 2.45) is 0 Å². The van der Waals surface area contributed by atoms with Crippen molar-refractivity contribution in [1.82, 2.24) is 14.5 Å². The quantitative estimate of drug-likeness (QED) is 0.435. The summed E-state index contributed by atoms with van der Waals surface area (Å²) < 4.78 is 18.6. The molecule has 0 radical (unpaired) electrons. The topological polar surface area (TPSA) is 65.8 Å². The maximum atomic E-state index is 13.1. The minimum atomic E-state index is 0.115. The number of hydrogen-bond acceptors (Lipinski definition) is 6. The molecule has 1 aliphatic rings. The van der Waals surface area contributed by atoms with Crippen LogP contribution in [0.3, 0.4) is 0 Å². The molecule has 34 heavy (non-hydrogen) atoms. The molecule has 3 aromatic rings. The van der Waals surface area contributed by atoms with Gasteiger partial charge in [0.15, 0.2) is 11.5 Å². The summed E-state index contributed by atoms with van der Waals surface area (Å²) in [6, 6.07) is 11.8. The van der Waals surface area contributed by atoms with Gasteiger partial charge in [-0.15, -0.1) is 11.8 Å². The highest BCUT2D eigenvalue weighted by molar-refractivity contribution is 7.98. The molecule has 180 valence electrons. The number of piperidine rings is 1. The summed E-state index contributed by atoms with van der Waals surface area (Å²) in [4.78, 5) is 20.8. The van der Waals surface area contributed by atoms with Gasteiger partial charge in [0.1, 0.15) is 5.82 Å². The van der Waals surface area contributed by atoms with Crippen molar-refractivity contribution in [3.8, 4) is 17.2 Å². The first-order valence-corrected chi connectivity index (χ1v) is 12.5. The number of carbonyl (C=O) groups is 1. The Morgan fingerprint density at radius 3 is 2.35 bits per heavy atom. The standard InChI is InChI=1S/C26H31N3O4S/c1-31-21-15-18(16-22(32-2)24(21)33-3)17-29-14-11-27-25(29)19-9-12-28(13-10-19)26(30)20-7-5-6-8-23(20)34-4/h5-8,11,14-16,19H,9-10,12-13,17H2,1-4H3. The van der Waals surface area contributed by atoms with Crippen molar-refractivity contribution in [1.29, 1.82) is 0 Å². The number of imidazole rings is 1. The lowest BCUT2D eigenvalue weighted by atomic mass is 9.95. The Morgan fingerprint density at radius 1 is 1.06 bits per heavy atom. The summed E-state index contributed by atoms with van der Waals surface area (Å²) in [5, 5.41) is 0. The highest BCUT2D eigenvalue weighted by Crippen LogP contribution is 2.38. The Morgan fingerprint density at radius 2 is 1.74 bits per heavy atom. The normalized spacial score (nSPS) is 14.2. The Labute approximate surface area is 205 Å². The molecule has 2 aromatic carbocycles. The number of thioether (sulfide) groups is 1. The molecule has 0 aliphatic carbocycles. The van der Waals surface area contributed by atoms with E-state index in [1.807, 2.05) is 59.9 Å². The van der Waals surface area contributed by atoms with Crippen LogP contribution in [0.5, 0.6) is 17.2 Å². The second-order valence-electron chi connectivity index (χ2n) is 8.21. The van der Waals surface area contributed by atoms with Gasteiger partial charge in [-0.25, -0.2) is 4.98 Å². The molecular weight excluding hydrogens is 450 g/mol. The second kappa shape index (κ2) is 10.9. The number of amides is 1. The number of ether oxygens (including phenoxy) is 3. The van der Waals surface area contributed by atoms with Gasteiger partial charge in [0.25, 0.3) is 5.91 Å². The number of rotatable bonds is 8. The van der Waals surface area contributed by atoms with E-state index in [0.717, 1.165) is 47.8 Å². The van der Waals surface area contributed by atoms with Gasteiger partial charge >= 0.3 is 0 Å². The first kappa shape index (κ1) is 24.0. The molecule has 7 nitrogen and oxygen atoms in total. The van der Waals surface area contributed by atoms with E-state index in [0.29, 0.717) is 29.7 Å². The maximum Gasteiger partial charge on any atom is 0.254 e. The molecule has 0 spiro atoms. The van der Waals surface area contributed by atoms with Crippen LogP contribution in [0.4, 0.5) is 0 Å². The van der Waals surface area contributed by atoms with Crippen LogP contribution in [0.25, 0.3) is 0 Å². The maximum absolute atomic E-state index is 13.1. The van der Waals surface area contributed by atoms with Crippen molar-refractivity contribution in [3.63, 3.8) is 0 Å². The van der Waals surface area contributed by atoms with Gasteiger partial charge in [-0.2, -0.15) is 0 Å². The number of aromatic nitrogens is 2. The smallest absolute Gasteiger partial charge is 0.254 e. The Bertz CT molecular complexity index is 1110. The molecule has 1 aliphatic heterocycles. The molecule has 0 atom stereocenters. The van der Waals surface area contributed by atoms with Gasteiger partial charge in [0, 0.05) is 42.8 Å². The number of methoxy groups -OCH3 is 3. The fourth-order valence-electron chi connectivity index (χ4n) is 4.57. The van der Waals surface area contributed by atoms with E-state index in [9.17, 15) is 4.79 Å². The molecule has 1 fully saturated rings. The molecule has 1 aromatic heterocycles. The Balaban J connectivity index is 1.47. The molecule has 0 saturated carbocycles. The molecule has 8 heteroatoms. The summed E-state index contributed by atoms with van der Waals surface area (Å²) in [5.41, 5.74) is 1.83. The van der Waals surface area contributed by atoms with Gasteiger partial charge in [-0.3, -0.25) is 4.79 Å². The molecule has 2 heterocycles. The molecule has 0 N–H and O–H groups in total. The summed E-state index contributed by atoms with van der Waals surface area (Å²) in [5.74, 6) is 3.32. The lowest BCUT2D eigenvalue weighted by Gasteiger charge is -2.32. The third-order valence-corrected chi connectivity index (χ3v) is 7.11. The fourth-order valence-corrected chi connectivity index (χ4v) is 5.16. The highest BCUT2D eigenvalue weighted by atomic mass is 32.2.